The molecular weight excluding hydrogens is 516 g/mol. The summed E-state index contributed by atoms with van der Waals surface area (Å²) in [6.07, 6.45) is 3.33. The van der Waals surface area contributed by atoms with Crippen LogP contribution in [0.1, 0.15) is 17.2 Å². The van der Waals surface area contributed by atoms with Crippen LogP contribution in [0.5, 0.6) is 5.75 Å². The molecule has 1 N–H and O–H groups in total. The van der Waals surface area contributed by atoms with Gasteiger partial charge in [-0.2, -0.15) is 0 Å². The molecule has 0 aliphatic rings. The number of aromatic nitrogens is 4. The molecule has 0 saturated carbocycles. The van der Waals surface area contributed by atoms with E-state index in [1.165, 1.54) is 9.58 Å². The molecule has 2 heterocycles. The van der Waals surface area contributed by atoms with Gasteiger partial charge in [-0.25, -0.2) is 4.68 Å². The number of nitrogens with one attached hydrogen (secondary N) is 1. The van der Waals surface area contributed by atoms with Crippen LogP contribution in [0, 0.1) is 0 Å². The number of hydrogen-bond acceptors (Lipinski definition) is 6. The fourth-order valence-corrected chi connectivity index (χ4v) is 4.39. The number of carbonyl (C=O) groups is 2. The van der Waals surface area contributed by atoms with E-state index in [1.54, 1.807) is 74.1 Å². The van der Waals surface area contributed by atoms with E-state index in [1.807, 2.05) is 30.3 Å². The lowest BCUT2D eigenvalue weighted by atomic mass is 10.0. The molecule has 2 aromatic heterocycles. The third-order valence-corrected chi connectivity index (χ3v) is 6.46. The molecule has 0 radical (unpaired) electrons. The van der Waals surface area contributed by atoms with Crippen molar-refractivity contribution >= 4 is 40.1 Å². The molecule has 10 heteroatoms. The maximum absolute atomic E-state index is 14.0. The molecule has 9 nitrogen and oxygen atoms in total. The van der Waals surface area contributed by atoms with Crippen molar-refractivity contribution in [1.29, 1.82) is 0 Å². The first-order valence-electron chi connectivity index (χ1n) is 12.2. The molecule has 196 valence electrons. The lowest BCUT2D eigenvalue weighted by molar-refractivity contribution is -0.140. The molecule has 5 aromatic rings. The lowest BCUT2D eigenvalue weighted by Crippen LogP contribution is -2.42. The first-order valence-corrected chi connectivity index (χ1v) is 12.6. The second-order valence-corrected chi connectivity index (χ2v) is 9.23. The minimum Gasteiger partial charge on any atom is -0.497 e. The fourth-order valence-electron chi connectivity index (χ4n) is 4.27. The Morgan fingerprint density at radius 3 is 2.49 bits per heavy atom. The number of nitrogens with zero attached hydrogens (tertiary/aromatic N) is 5. The van der Waals surface area contributed by atoms with Gasteiger partial charge in [0.15, 0.2) is 0 Å². The normalized spacial score (nSPS) is 11.6. The number of carbonyl (C=O) groups excluding carboxylic acids is 2. The van der Waals surface area contributed by atoms with E-state index in [0.29, 0.717) is 27.5 Å². The Balaban J connectivity index is 1.53. The van der Waals surface area contributed by atoms with Crippen molar-refractivity contribution < 1.29 is 14.3 Å². The van der Waals surface area contributed by atoms with Crippen molar-refractivity contribution in [1.82, 2.24) is 24.9 Å². The average Bonchev–Trinajstić information content (AvgIpc) is 3.37. The number of pyridine rings is 1. The first-order chi connectivity index (χ1) is 19.0. The van der Waals surface area contributed by atoms with Gasteiger partial charge in [-0.1, -0.05) is 47.1 Å². The number of benzene rings is 3. The highest BCUT2D eigenvalue weighted by Gasteiger charge is 2.32. The third-order valence-electron chi connectivity index (χ3n) is 6.20. The minimum absolute atomic E-state index is 0.110. The maximum atomic E-state index is 14.0. The van der Waals surface area contributed by atoms with Gasteiger partial charge in [0, 0.05) is 29.6 Å². The first kappa shape index (κ1) is 25.9. The zero-order valence-corrected chi connectivity index (χ0v) is 21.8. The van der Waals surface area contributed by atoms with Crippen LogP contribution in [0.15, 0.2) is 97.3 Å². The summed E-state index contributed by atoms with van der Waals surface area (Å²) in [7, 11) is 1.57. The van der Waals surface area contributed by atoms with Gasteiger partial charge in [0.25, 0.3) is 5.91 Å². The highest BCUT2D eigenvalue weighted by molar-refractivity contribution is 6.30. The Morgan fingerprint density at radius 2 is 1.77 bits per heavy atom. The van der Waals surface area contributed by atoms with Crippen LogP contribution in [0.25, 0.3) is 11.0 Å². The molecule has 5 rings (SSSR count). The summed E-state index contributed by atoms with van der Waals surface area (Å²) in [6.45, 7) is 0.0311. The summed E-state index contributed by atoms with van der Waals surface area (Å²) in [4.78, 5) is 33.6. The van der Waals surface area contributed by atoms with Crippen molar-refractivity contribution in [3.05, 3.63) is 113 Å². The Labute approximate surface area is 230 Å². The molecule has 1 atom stereocenters. The number of methoxy groups -OCH3 is 1. The second-order valence-electron chi connectivity index (χ2n) is 8.79. The minimum atomic E-state index is -0.980. The van der Waals surface area contributed by atoms with Crippen LogP contribution in [0.3, 0.4) is 0 Å². The average molecular weight is 541 g/mol. The largest absolute Gasteiger partial charge is 0.497 e. The summed E-state index contributed by atoms with van der Waals surface area (Å²) < 4.78 is 6.76. The molecule has 0 saturated heterocycles. The van der Waals surface area contributed by atoms with Gasteiger partial charge >= 0.3 is 0 Å². The standard InChI is InChI=1S/C29H25ClN6O3/c1-39-24-14-12-23(13-15-24)32-29(38)28(21-8-10-22(30)11-9-21)35(18-20-5-4-16-31-17-20)27(37)19-36-26-7-3-2-6-25(26)33-34-36/h2-17,28H,18-19H2,1H3,(H,32,38)/t28-/m0/s1. The molecule has 0 aliphatic heterocycles. The molecule has 3 aromatic carbocycles. The highest BCUT2D eigenvalue weighted by atomic mass is 35.5. The molecule has 0 unspecified atom stereocenters. The van der Waals surface area contributed by atoms with E-state index in [0.717, 1.165) is 11.1 Å². The predicted octanol–water partition coefficient (Wildman–Crippen LogP) is 4.90. The van der Waals surface area contributed by atoms with Gasteiger partial charge < -0.3 is 15.0 Å². The van der Waals surface area contributed by atoms with Crippen molar-refractivity contribution in [2.45, 2.75) is 19.1 Å². The smallest absolute Gasteiger partial charge is 0.251 e. The van der Waals surface area contributed by atoms with Crippen LogP contribution in [0.4, 0.5) is 5.69 Å². The van der Waals surface area contributed by atoms with E-state index < -0.39 is 6.04 Å². The van der Waals surface area contributed by atoms with Crippen LogP contribution >= 0.6 is 11.6 Å². The van der Waals surface area contributed by atoms with Crippen molar-refractivity contribution in [2.75, 3.05) is 12.4 Å². The number of rotatable bonds is 9. The summed E-state index contributed by atoms with van der Waals surface area (Å²) in [5, 5.41) is 11.8. The zero-order valence-electron chi connectivity index (χ0n) is 21.1. The Hall–Kier alpha value is -4.76. The monoisotopic (exact) mass is 540 g/mol. The Bertz CT molecular complexity index is 1570. The molecule has 0 bridgehead atoms. The SMILES string of the molecule is COc1ccc(NC(=O)[C@H](c2ccc(Cl)cc2)N(Cc2cccnc2)C(=O)Cn2nnc3ccccc32)cc1. The highest BCUT2D eigenvalue weighted by Crippen LogP contribution is 2.28. The third kappa shape index (κ3) is 6.05. The summed E-state index contributed by atoms with van der Waals surface area (Å²) >= 11 is 6.16. The maximum Gasteiger partial charge on any atom is 0.251 e. The van der Waals surface area contributed by atoms with Crippen molar-refractivity contribution in [3.63, 3.8) is 0 Å². The van der Waals surface area contributed by atoms with E-state index in [-0.39, 0.29) is 24.9 Å². The number of ether oxygens (including phenoxy) is 1. The van der Waals surface area contributed by atoms with Crippen molar-refractivity contribution in [2.24, 2.45) is 0 Å². The number of para-hydroxylation sites is 1. The number of fused-ring (bicyclic) bond motifs is 1. The molecular formula is C29H25ClN6O3. The Kier molecular flexibility index (Phi) is 7.79. The number of amides is 2. The van der Waals surface area contributed by atoms with Crippen LogP contribution < -0.4 is 10.1 Å². The molecule has 0 spiro atoms. The van der Waals surface area contributed by atoms with Gasteiger partial charge in [0.1, 0.15) is 23.9 Å². The lowest BCUT2D eigenvalue weighted by Gasteiger charge is -2.31. The zero-order chi connectivity index (χ0) is 27.2. The van der Waals surface area contributed by atoms with Gasteiger partial charge in [0.05, 0.1) is 12.6 Å². The van der Waals surface area contributed by atoms with E-state index in [2.05, 4.69) is 20.6 Å². The quantitative estimate of drug-likeness (QED) is 0.285. The molecule has 2 amide bonds. The summed E-state index contributed by atoms with van der Waals surface area (Å²) in [5.41, 5.74) is 3.33. The van der Waals surface area contributed by atoms with E-state index >= 15 is 0 Å². The van der Waals surface area contributed by atoms with Crippen LogP contribution in [-0.4, -0.2) is 43.8 Å². The molecule has 0 fully saturated rings. The number of halogens is 1. The van der Waals surface area contributed by atoms with Gasteiger partial charge in [-0.3, -0.25) is 14.6 Å². The summed E-state index contributed by atoms with van der Waals surface area (Å²) in [5.74, 6) is -0.0433. The topological polar surface area (TPSA) is 102 Å². The molecule has 0 aliphatic carbocycles. The van der Waals surface area contributed by atoms with Crippen LogP contribution in [0.2, 0.25) is 5.02 Å². The number of anilines is 1. The van der Waals surface area contributed by atoms with Gasteiger partial charge in [-0.15, -0.1) is 5.10 Å². The van der Waals surface area contributed by atoms with E-state index in [4.69, 9.17) is 16.3 Å². The number of hydrogen-bond donors (Lipinski definition) is 1. The van der Waals surface area contributed by atoms with E-state index in [9.17, 15) is 9.59 Å². The summed E-state index contributed by atoms with van der Waals surface area (Å²) in [6, 6.07) is 23.9. The predicted molar refractivity (Wildman–Crippen MR) is 148 cm³/mol. The Morgan fingerprint density at radius 1 is 1.00 bits per heavy atom. The fraction of sp³-hybridized carbons (Fsp3) is 0.138. The van der Waals surface area contributed by atoms with Crippen LogP contribution in [-0.2, 0) is 22.7 Å². The van der Waals surface area contributed by atoms with Gasteiger partial charge in [-0.05, 0) is 65.7 Å². The van der Waals surface area contributed by atoms with Gasteiger partial charge in [0.2, 0.25) is 5.91 Å². The van der Waals surface area contributed by atoms with Crippen molar-refractivity contribution in [3.8, 4) is 5.75 Å². The second kappa shape index (κ2) is 11.7. The molecule has 39 heavy (non-hydrogen) atoms.